The molecule has 0 amide bonds. The molecule has 0 bridgehead atoms. The normalized spacial score (nSPS) is 22.3. The Morgan fingerprint density at radius 2 is 1.94 bits per heavy atom. The average molecular weight is 521 g/mol. The fourth-order valence-electron chi connectivity index (χ4n) is 4.72. The predicted molar refractivity (Wildman–Crippen MR) is 125 cm³/mol. The SMILES string of the molecule is Cc1ccc(S(=O)(=O)N2CCC[C@H]2C(=O)O)c(O[C@H](C)CCCCNC2CCC(F)(F)CC2)c1F. The van der Waals surface area contributed by atoms with Gasteiger partial charge < -0.3 is 15.2 Å². The number of aliphatic carboxylic acids is 1. The molecule has 11 heteroatoms. The zero-order chi connectivity index (χ0) is 25.8. The van der Waals surface area contributed by atoms with Crippen molar-refractivity contribution >= 4 is 16.0 Å². The molecule has 35 heavy (non-hydrogen) atoms. The van der Waals surface area contributed by atoms with Crippen LogP contribution in [0, 0.1) is 12.7 Å². The minimum atomic E-state index is -4.27. The number of rotatable bonds is 11. The summed E-state index contributed by atoms with van der Waals surface area (Å²) in [4.78, 5) is 11.2. The second-order valence-corrected chi connectivity index (χ2v) is 11.5. The van der Waals surface area contributed by atoms with Crippen LogP contribution in [0.3, 0.4) is 0 Å². The highest BCUT2D eigenvalue weighted by Gasteiger charge is 2.41. The number of carboxylic acids is 1. The number of carboxylic acid groups (broad SMARTS) is 1. The molecule has 1 aliphatic heterocycles. The van der Waals surface area contributed by atoms with Gasteiger partial charge in [-0.2, -0.15) is 4.31 Å². The van der Waals surface area contributed by atoms with E-state index in [0.717, 1.165) is 17.1 Å². The minimum Gasteiger partial charge on any atom is -0.486 e. The third-order valence-corrected chi connectivity index (χ3v) is 8.77. The molecule has 1 aromatic carbocycles. The first-order valence-electron chi connectivity index (χ1n) is 12.2. The maximum Gasteiger partial charge on any atom is 0.322 e. The summed E-state index contributed by atoms with van der Waals surface area (Å²) in [7, 11) is -4.27. The number of halogens is 3. The molecule has 3 rings (SSSR count). The summed E-state index contributed by atoms with van der Waals surface area (Å²) in [6.45, 7) is 3.96. The summed E-state index contributed by atoms with van der Waals surface area (Å²) in [5.74, 6) is -4.94. The molecule has 1 saturated carbocycles. The molecule has 0 radical (unpaired) electrons. The first-order valence-corrected chi connectivity index (χ1v) is 13.7. The van der Waals surface area contributed by atoms with Crippen LogP contribution in [-0.4, -0.2) is 61.0 Å². The lowest BCUT2D eigenvalue weighted by Gasteiger charge is -2.29. The van der Waals surface area contributed by atoms with Crippen molar-refractivity contribution in [2.24, 2.45) is 0 Å². The molecule has 2 atom stereocenters. The van der Waals surface area contributed by atoms with E-state index in [1.165, 1.54) is 19.1 Å². The largest absolute Gasteiger partial charge is 0.486 e. The van der Waals surface area contributed by atoms with Crippen LogP contribution in [0.5, 0.6) is 5.75 Å². The number of nitrogens with zero attached hydrogens (tertiary/aromatic N) is 1. The highest BCUT2D eigenvalue weighted by Crippen LogP contribution is 2.36. The summed E-state index contributed by atoms with van der Waals surface area (Å²) in [5.41, 5.74) is 0.226. The van der Waals surface area contributed by atoms with Gasteiger partial charge in [0.15, 0.2) is 11.6 Å². The third kappa shape index (κ3) is 6.89. The standard InChI is InChI=1S/C24H35F3N2O5S/c1-16-8-9-20(35(32,33)29-15-5-7-19(29)23(30)31)22(21(16)25)34-17(2)6-3-4-14-28-18-10-12-24(26,27)13-11-18/h8-9,17-19,28H,3-7,10-15H2,1-2H3,(H,30,31)/t17-,19+/m1/s1. The molecule has 1 aromatic rings. The zero-order valence-electron chi connectivity index (χ0n) is 20.2. The van der Waals surface area contributed by atoms with Crippen molar-refractivity contribution in [2.45, 2.75) is 101 Å². The summed E-state index contributed by atoms with van der Waals surface area (Å²) in [6, 6.07) is 1.53. The fraction of sp³-hybridized carbons (Fsp3) is 0.708. The van der Waals surface area contributed by atoms with Gasteiger partial charge in [0.05, 0.1) is 6.10 Å². The molecule has 1 aliphatic carbocycles. The number of unbranched alkanes of at least 4 members (excludes halogenated alkanes) is 1. The Bertz CT molecular complexity index is 995. The van der Waals surface area contributed by atoms with Gasteiger partial charge in [-0.15, -0.1) is 0 Å². The number of carbonyl (C=O) groups is 1. The van der Waals surface area contributed by atoms with E-state index in [2.05, 4.69) is 5.32 Å². The van der Waals surface area contributed by atoms with E-state index in [-0.39, 0.29) is 48.1 Å². The van der Waals surface area contributed by atoms with E-state index in [9.17, 15) is 27.1 Å². The van der Waals surface area contributed by atoms with Crippen molar-refractivity contribution in [1.29, 1.82) is 0 Å². The van der Waals surface area contributed by atoms with Crippen molar-refractivity contribution in [1.82, 2.24) is 9.62 Å². The molecule has 2 aliphatic rings. The molecule has 0 aromatic heterocycles. The van der Waals surface area contributed by atoms with E-state index in [1.807, 2.05) is 0 Å². The second-order valence-electron chi connectivity index (χ2n) is 9.64. The van der Waals surface area contributed by atoms with Crippen molar-refractivity contribution in [3.05, 3.63) is 23.5 Å². The van der Waals surface area contributed by atoms with Gasteiger partial charge in [0.2, 0.25) is 15.9 Å². The van der Waals surface area contributed by atoms with Gasteiger partial charge in [-0.05, 0) is 77.0 Å². The topological polar surface area (TPSA) is 95.9 Å². The number of hydrogen-bond donors (Lipinski definition) is 2. The average Bonchev–Trinajstić information content (AvgIpc) is 3.29. The van der Waals surface area contributed by atoms with Gasteiger partial charge in [-0.3, -0.25) is 4.79 Å². The number of ether oxygens (including phenoxy) is 1. The Labute approximate surface area is 205 Å². The molecular weight excluding hydrogens is 485 g/mol. The van der Waals surface area contributed by atoms with Gasteiger partial charge in [0.1, 0.15) is 10.9 Å². The van der Waals surface area contributed by atoms with Gasteiger partial charge in [-0.25, -0.2) is 21.6 Å². The molecule has 2 fully saturated rings. The summed E-state index contributed by atoms with van der Waals surface area (Å²) in [5, 5.41) is 12.7. The van der Waals surface area contributed by atoms with Crippen LogP contribution >= 0.6 is 0 Å². The Hall–Kier alpha value is -1.85. The Morgan fingerprint density at radius 3 is 2.60 bits per heavy atom. The number of nitrogens with one attached hydrogen (secondary N) is 1. The summed E-state index contributed by atoms with van der Waals surface area (Å²) >= 11 is 0. The molecular formula is C24H35F3N2O5S. The minimum absolute atomic E-state index is 0.0510. The lowest BCUT2D eigenvalue weighted by Crippen LogP contribution is -2.40. The fourth-order valence-corrected chi connectivity index (χ4v) is 6.48. The smallest absolute Gasteiger partial charge is 0.322 e. The molecule has 0 unspecified atom stereocenters. The number of sulfonamides is 1. The van der Waals surface area contributed by atoms with E-state index in [1.54, 1.807) is 6.92 Å². The lowest BCUT2D eigenvalue weighted by atomic mass is 9.92. The first-order chi connectivity index (χ1) is 16.4. The highest BCUT2D eigenvalue weighted by atomic mass is 32.2. The molecule has 0 spiro atoms. The van der Waals surface area contributed by atoms with E-state index in [4.69, 9.17) is 4.74 Å². The van der Waals surface area contributed by atoms with Gasteiger partial charge in [-0.1, -0.05) is 6.07 Å². The number of benzene rings is 1. The van der Waals surface area contributed by atoms with Crippen LogP contribution in [0.15, 0.2) is 17.0 Å². The molecule has 1 heterocycles. The van der Waals surface area contributed by atoms with Crippen molar-refractivity contribution in [2.75, 3.05) is 13.1 Å². The number of alkyl halides is 2. The van der Waals surface area contributed by atoms with Gasteiger partial charge in [0.25, 0.3) is 0 Å². The quantitative estimate of drug-likeness (QED) is 0.418. The van der Waals surface area contributed by atoms with E-state index >= 15 is 4.39 Å². The van der Waals surface area contributed by atoms with Crippen LogP contribution in [0.4, 0.5) is 13.2 Å². The van der Waals surface area contributed by atoms with Crippen molar-refractivity contribution in [3.63, 3.8) is 0 Å². The maximum absolute atomic E-state index is 15.0. The summed E-state index contributed by atoms with van der Waals surface area (Å²) < 4.78 is 74.7. The molecule has 2 N–H and O–H groups in total. The molecule has 1 saturated heterocycles. The van der Waals surface area contributed by atoms with Crippen LogP contribution in [0.2, 0.25) is 0 Å². The van der Waals surface area contributed by atoms with Crippen LogP contribution < -0.4 is 10.1 Å². The predicted octanol–water partition coefficient (Wildman–Crippen LogP) is 4.48. The molecule has 7 nitrogen and oxygen atoms in total. The molecule has 198 valence electrons. The Balaban J connectivity index is 1.58. The van der Waals surface area contributed by atoms with Crippen LogP contribution in [-0.2, 0) is 14.8 Å². The highest BCUT2D eigenvalue weighted by molar-refractivity contribution is 7.89. The Kier molecular flexibility index (Phi) is 9.09. The van der Waals surface area contributed by atoms with Crippen molar-refractivity contribution < 1.29 is 36.2 Å². The number of hydrogen-bond acceptors (Lipinski definition) is 5. The van der Waals surface area contributed by atoms with E-state index in [0.29, 0.717) is 32.2 Å². The summed E-state index contributed by atoms with van der Waals surface area (Å²) in [6.07, 6.45) is 2.89. The maximum atomic E-state index is 15.0. The first kappa shape index (κ1) is 27.7. The van der Waals surface area contributed by atoms with Crippen molar-refractivity contribution in [3.8, 4) is 5.75 Å². The monoisotopic (exact) mass is 520 g/mol. The van der Waals surface area contributed by atoms with Gasteiger partial charge >= 0.3 is 5.97 Å². The van der Waals surface area contributed by atoms with E-state index < -0.39 is 39.9 Å². The Morgan fingerprint density at radius 1 is 1.26 bits per heavy atom. The lowest BCUT2D eigenvalue weighted by molar-refractivity contribution is -0.140. The van der Waals surface area contributed by atoms with Crippen LogP contribution in [0.25, 0.3) is 0 Å². The van der Waals surface area contributed by atoms with Gasteiger partial charge in [0, 0.05) is 25.4 Å². The number of aryl methyl sites for hydroxylation is 1. The second kappa shape index (κ2) is 11.5. The van der Waals surface area contributed by atoms with Crippen LogP contribution in [0.1, 0.15) is 70.3 Å². The third-order valence-electron chi connectivity index (χ3n) is 6.84. The zero-order valence-corrected chi connectivity index (χ0v) is 21.1.